The number of benzene rings is 2. The summed E-state index contributed by atoms with van der Waals surface area (Å²) in [5.41, 5.74) is 8.76. The van der Waals surface area contributed by atoms with Crippen LogP contribution in [0.3, 0.4) is 0 Å². The van der Waals surface area contributed by atoms with Gasteiger partial charge in [-0.3, -0.25) is 9.59 Å². The van der Waals surface area contributed by atoms with E-state index < -0.39 is 34.2 Å². The summed E-state index contributed by atoms with van der Waals surface area (Å²) in [4.78, 5) is 25.4. The molecule has 7 rings (SSSR count). The Morgan fingerprint density at radius 1 is 1.19 bits per heavy atom. The number of aromatic nitrogens is 3. The lowest BCUT2D eigenvalue weighted by molar-refractivity contribution is -1.08. The Balaban J connectivity index is 1.41. The predicted octanol–water partition coefficient (Wildman–Crippen LogP) is 2.65. The molecule has 2 amide bonds. The Kier molecular flexibility index (Phi) is 6.51. The number of quaternary nitrogens is 1. The van der Waals surface area contributed by atoms with Crippen molar-refractivity contribution in [2.75, 3.05) is 13.7 Å². The summed E-state index contributed by atoms with van der Waals surface area (Å²) in [7, 11) is 1.52. The molecule has 1 saturated carbocycles. The van der Waals surface area contributed by atoms with Crippen molar-refractivity contribution in [3.63, 3.8) is 0 Å². The molecule has 218 valence electrons. The van der Waals surface area contributed by atoms with Crippen molar-refractivity contribution in [3.8, 4) is 0 Å². The molecule has 3 aliphatic heterocycles. The first-order valence-corrected chi connectivity index (χ1v) is 15.0. The van der Waals surface area contributed by atoms with Crippen molar-refractivity contribution in [1.82, 2.24) is 20.3 Å². The van der Waals surface area contributed by atoms with Gasteiger partial charge in [0.2, 0.25) is 5.91 Å². The van der Waals surface area contributed by atoms with Gasteiger partial charge in [0.05, 0.1) is 11.9 Å². The molecule has 42 heavy (non-hydrogen) atoms. The topological polar surface area (TPSA) is 157 Å². The number of thioether (sulfide) groups is 1. The van der Waals surface area contributed by atoms with E-state index in [4.69, 9.17) is 10.5 Å². The van der Waals surface area contributed by atoms with Crippen molar-refractivity contribution in [2.45, 2.75) is 46.9 Å². The number of nitrogens with one attached hydrogen (secondary N) is 1. The van der Waals surface area contributed by atoms with E-state index in [0.29, 0.717) is 5.57 Å². The van der Waals surface area contributed by atoms with Gasteiger partial charge in [0.1, 0.15) is 18.0 Å². The molecule has 3 fully saturated rings. The van der Waals surface area contributed by atoms with Gasteiger partial charge in [-0.1, -0.05) is 60.7 Å². The lowest BCUT2D eigenvalue weighted by Crippen LogP contribution is -2.65. The molecule has 11 nitrogen and oxygen atoms in total. The van der Waals surface area contributed by atoms with Crippen LogP contribution < -0.4 is 5.73 Å². The maximum absolute atomic E-state index is 13.7. The fraction of sp³-hybridized carbons (Fsp3) is 0.400. The molecule has 1 aromatic heterocycles. The molecule has 2 aromatic carbocycles. The van der Waals surface area contributed by atoms with E-state index in [1.807, 2.05) is 36.4 Å². The second kappa shape index (κ2) is 10.0. The van der Waals surface area contributed by atoms with Gasteiger partial charge in [0.25, 0.3) is 5.91 Å². The highest BCUT2D eigenvalue weighted by atomic mass is 32.2. The minimum atomic E-state index is -1.52. The molecule has 2 saturated heterocycles. The van der Waals surface area contributed by atoms with Crippen LogP contribution in [0.1, 0.15) is 35.6 Å². The zero-order valence-electron chi connectivity index (χ0n) is 22.9. The molecule has 6 unspecified atom stereocenters. The van der Waals surface area contributed by atoms with E-state index in [1.54, 1.807) is 29.1 Å². The smallest absolute Gasteiger partial charge is 0.259 e. The molecular weight excluding hydrogens is 556 g/mol. The SMILES string of the molecule is CO[C@@H]1C(=O)N2C=C(C3CC(C(N)=O)CC[N+]3([O-])O)C(C3C(c4cn[nH]n4)C3(c3ccccc3)c3ccccc3)S[C@@H]12. The Hall–Kier alpha value is -3.55. The largest absolute Gasteiger partial charge is 0.598 e. The molecule has 0 spiro atoms. The van der Waals surface area contributed by atoms with E-state index in [9.17, 15) is 20.0 Å². The zero-order chi connectivity index (χ0) is 29.2. The van der Waals surface area contributed by atoms with Gasteiger partial charge in [-0.25, -0.2) is 10.0 Å². The zero-order valence-corrected chi connectivity index (χ0v) is 23.8. The number of rotatable bonds is 7. The quantitative estimate of drug-likeness (QED) is 0.216. The summed E-state index contributed by atoms with van der Waals surface area (Å²) < 4.78 is 5.56. The second-order valence-corrected chi connectivity index (χ2v) is 12.9. The van der Waals surface area contributed by atoms with Gasteiger partial charge < -0.3 is 20.6 Å². The van der Waals surface area contributed by atoms with Gasteiger partial charge in [0, 0.05) is 54.2 Å². The normalized spacial score (nSPS) is 35.1. The Labute approximate surface area is 246 Å². The maximum Gasteiger partial charge on any atom is 0.259 e. The predicted molar refractivity (Wildman–Crippen MR) is 153 cm³/mol. The monoisotopic (exact) mass is 588 g/mol. The lowest BCUT2D eigenvalue weighted by atomic mass is 9.81. The number of hydrogen-bond donors (Lipinski definition) is 3. The molecule has 3 aromatic rings. The molecule has 4 N–H and O–H groups in total. The third-order valence-corrected chi connectivity index (χ3v) is 11.2. The summed E-state index contributed by atoms with van der Waals surface area (Å²) in [6.45, 7) is -0.162. The highest BCUT2D eigenvalue weighted by Crippen LogP contribution is 2.73. The number of hydroxylamine groups is 4. The van der Waals surface area contributed by atoms with Crippen LogP contribution in [0.25, 0.3) is 0 Å². The van der Waals surface area contributed by atoms with E-state index in [0.717, 1.165) is 16.8 Å². The van der Waals surface area contributed by atoms with Crippen LogP contribution in [0.4, 0.5) is 0 Å². The number of methoxy groups -OCH3 is 1. The number of fused-ring (bicyclic) bond motifs is 1. The minimum absolute atomic E-state index is 0.101. The number of H-pyrrole nitrogens is 1. The van der Waals surface area contributed by atoms with Gasteiger partial charge >= 0.3 is 0 Å². The Bertz CT molecular complexity index is 1480. The first-order valence-electron chi connectivity index (χ1n) is 14.1. The molecule has 8 atom stereocenters. The Morgan fingerprint density at radius 3 is 2.43 bits per heavy atom. The maximum atomic E-state index is 13.7. The number of carbonyl (C=O) groups is 2. The molecular formula is C30H32N6O5S. The van der Waals surface area contributed by atoms with Crippen molar-refractivity contribution < 1.29 is 24.3 Å². The number of amides is 2. The highest BCUT2D eigenvalue weighted by molar-refractivity contribution is 8.01. The van der Waals surface area contributed by atoms with Gasteiger partial charge in [-0.15, -0.1) is 11.8 Å². The van der Waals surface area contributed by atoms with Crippen molar-refractivity contribution in [1.29, 1.82) is 0 Å². The van der Waals surface area contributed by atoms with Gasteiger partial charge in [-0.05, 0) is 17.0 Å². The average molecular weight is 589 g/mol. The van der Waals surface area contributed by atoms with Crippen LogP contribution in [0, 0.1) is 17.0 Å². The number of hydrogen-bond acceptors (Lipinski definition) is 8. The van der Waals surface area contributed by atoms with Crippen LogP contribution >= 0.6 is 11.8 Å². The molecule has 12 heteroatoms. The number of primary amides is 1. The van der Waals surface area contributed by atoms with Crippen molar-refractivity contribution >= 4 is 23.6 Å². The molecule has 0 radical (unpaired) electrons. The van der Waals surface area contributed by atoms with E-state index in [2.05, 4.69) is 39.7 Å². The first-order chi connectivity index (χ1) is 20.3. The van der Waals surface area contributed by atoms with Crippen LogP contribution in [0.5, 0.6) is 0 Å². The fourth-order valence-electron chi connectivity index (χ4n) is 7.60. The fourth-order valence-corrected chi connectivity index (χ4v) is 9.48. The summed E-state index contributed by atoms with van der Waals surface area (Å²) in [6.07, 6.45) is 3.16. The summed E-state index contributed by atoms with van der Waals surface area (Å²) in [5.74, 6) is -1.51. The summed E-state index contributed by atoms with van der Waals surface area (Å²) in [5, 5.41) is 35.7. The first kappa shape index (κ1) is 27.3. The van der Waals surface area contributed by atoms with Gasteiger partial charge in [0.15, 0.2) is 6.10 Å². The summed E-state index contributed by atoms with van der Waals surface area (Å²) >= 11 is 1.57. The number of nitrogens with two attached hydrogens (primary N) is 1. The minimum Gasteiger partial charge on any atom is -0.598 e. The third-order valence-electron chi connectivity index (χ3n) is 9.62. The third kappa shape index (κ3) is 3.97. The number of piperidine rings is 1. The number of aromatic amines is 1. The van der Waals surface area contributed by atoms with Crippen LogP contribution in [0.2, 0.25) is 0 Å². The lowest BCUT2D eigenvalue weighted by Gasteiger charge is -2.53. The van der Waals surface area contributed by atoms with Crippen molar-refractivity contribution in [3.05, 3.63) is 101 Å². The molecule has 4 aliphatic rings. The number of β-lactam (4-membered cyclic amide) rings is 1. The van der Waals surface area contributed by atoms with Crippen molar-refractivity contribution in [2.24, 2.45) is 17.6 Å². The molecule has 1 aliphatic carbocycles. The highest BCUT2D eigenvalue weighted by Gasteiger charge is 2.72. The number of nitrogens with zero attached hydrogens (tertiary/aromatic N) is 4. The average Bonchev–Trinajstić information content (AvgIpc) is 3.38. The number of ether oxygens (including phenoxy) is 1. The van der Waals surface area contributed by atoms with Crippen LogP contribution in [-0.2, 0) is 19.7 Å². The van der Waals surface area contributed by atoms with E-state index in [-0.39, 0.29) is 47.8 Å². The second-order valence-electron chi connectivity index (χ2n) is 11.6. The van der Waals surface area contributed by atoms with Crippen LogP contribution in [-0.4, -0.2) is 78.6 Å². The number of carbonyl (C=O) groups excluding carboxylic acids is 2. The van der Waals surface area contributed by atoms with E-state index in [1.165, 1.54) is 7.11 Å². The Morgan fingerprint density at radius 2 is 1.86 bits per heavy atom. The van der Waals surface area contributed by atoms with Gasteiger partial charge in [-0.2, -0.15) is 15.4 Å². The van der Waals surface area contributed by atoms with Crippen LogP contribution in [0.15, 0.2) is 78.6 Å². The van der Waals surface area contributed by atoms with E-state index >= 15 is 0 Å². The standard InChI is InChI=1S/C30H32N6O5S/c1-41-25-28(38)35-16-20(22-14-17(27(31)37)12-13-36(22,39)40)26(42-29(25)35)24-23(21-15-32-34-33-21)30(24,18-8-4-2-5-9-18)19-10-6-3-7-11-19/h2-11,15-17,22-26,29,39H,12-14H2,1H3,(H2,31,37)(H,32,33,34)/t17?,22?,23?,24?,25-,26?,29+/m1/s1. The molecule has 4 heterocycles. The summed E-state index contributed by atoms with van der Waals surface area (Å²) in [6, 6.07) is 19.5. The molecule has 0 bridgehead atoms.